The Morgan fingerprint density at radius 1 is 1.15 bits per heavy atom. The van der Waals surface area contributed by atoms with E-state index in [1.165, 1.54) is 12.6 Å². The summed E-state index contributed by atoms with van der Waals surface area (Å²) in [6.07, 6.45) is 12.2. The van der Waals surface area contributed by atoms with E-state index in [2.05, 4.69) is 9.97 Å². The number of aryl methyl sites for hydroxylation is 1. The summed E-state index contributed by atoms with van der Waals surface area (Å²) in [5, 5.41) is 0. The van der Waals surface area contributed by atoms with Crippen molar-refractivity contribution >= 4 is 5.91 Å². The summed E-state index contributed by atoms with van der Waals surface area (Å²) in [6, 6.07) is 0. The summed E-state index contributed by atoms with van der Waals surface area (Å²) in [6.45, 7) is 5.75. The number of amides is 1. The standard InChI is InChI=1S/C8H14.C6H7N3O.C2H6/c1-2-7-4-5-8(3-1)6-7;1-4-2-8-3-5(9-4)6(7)10;1-2/h7-8H,1-6H2;2-3H,1H3,(H2,7,10);1-2H3. The zero-order valence-corrected chi connectivity index (χ0v) is 12.9. The topological polar surface area (TPSA) is 68.9 Å². The van der Waals surface area contributed by atoms with Crippen molar-refractivity contribution in [3.63, 3.8) is 0 Å². The van der Waals surface area contributed by atoms with Crippen molar-refractivity contribution in [2.75, 3.05) is 0 Å². The highest BCUT2D eigenvalue weighted by Crippen LogP contribution is 2.41. The fourth-order valence-electron chi connectivity index (χ4n) is 2.98. The molecule has 0 saturated heterocycles. The molecule has 3 rings (SSSR count). The van der Waals surface area contributed by atoms with E-state index in [-0.39, 0.29) is 5.69 Å². The Kier molecular flexibility index (Phi) is 7.20. The molecule has 1 aromatic rings. The largest absolute Gasteiger partial charge is 0.364 e. The number of hydrogen-bond donors (Lipinski definition) is 1. The average Bonchev–Trinajstić information content (AvgIpc) is 2.80. The lowest BCUT2D eigenvalue weighted by atomic mass is 9.89. The first-order valence-corrected chi connectivity index (χ1v) is 7.73. The zero-order chi connectivity index (χ0) is 15.0. The normalized spacial score (nSPS) is 22.9. The van der Waals surface area contributed by atoms with E-state index in [0.29, 0.717) is 5.69 Å². The van der Waals surface area contributed by atoms with Gasteiger partial charge in [-0.25, -0.2) is 4.98 Å². The Morgan fingerprint density at radius 3 is 2.15 bits per heavy atom. The van der Waals surface area contributed by atoms with Gasteiger partial charge in [-0.05, 0) is 25.2 Å². The molecule has 4 heteroatoms. The van der Waals surface area contributed by atoms with E-state index in [1.54, 1.807) is 45.2 Å². The Hall–Kier alpha value is -1.45. The van der Waals surface area contributed by atoms with Crippen LogP contribution in [-0.4, -0.2) is 15.9 Å². The van der Waals surface area contributed by atoms with Crippen LogP contribution in [0.4, 0.5) is 0 Å². The highest BCUT2D eigenvalue weighted by Gasteiger charge is 2.27. The first-order chi connectivity index (χ1) is 9.65. The van der Waals surface area contributed by atoms with Crippen molar-refractivity contribution < 1.29 is 4.79 Å². The van der Waals surface area contributed by atoms with Crippen LogP contribution >= 0.6 is 0 Å². The number of rotatable bonds is 1. The third-order valence-corrected chi connectivity index (χ3v) is 3.88. The van der Waals surface area contributed by atoms with Crippen molar-refractivity contribution in [2.45, 2.75) is 59.3 Å². The van der Waals surface area contributed by atoms with E-state index < -0.39 is 5.91 Å². The molecule has 2 aliphatic rings. The molecule has 20 heavy (non-hydrogen) atoms. The molecule has 112 valence electrons. The van der Waals surface area contributed by atoms with Crippen molar-refractivity contribution in [3.05, 3.63) is 23.8 Å². The average molecular weight is 277 g/mol. The summed E-state index contributed by atoms with van der Waals surface area (Å²) >= 11 is 0. The molecule has 2 unspecified atom stereocenters. The molecule has 2 atom stereocenters. The molecule has 2 N–H and O–H groups in total. The molecular weight excluding hydrogens is 250 g/mol. The predicted octanol–water partition coefficient (Wildman–Crippen LogP) is 3.50. The third kappa shape index (κ3) is 5.27. The highest BCUT2D eigenvalue weighted by atomic mass is 16.1. The van der Waals surface area contributed by atoms with Crippen LogP contribution in [-0.2, 0) is 0 Å². The Balaban J connectivity index is 0.000000181. The van der Waals surface area contributed by atoms with E-state index in [4.69, 9.17) is 5.73 Å². The molecule has 2 fully saturated rings. The van der Waals surface area contributed by atoms with Gasteiger partial charge in [-0.1, -0.05) is 46.0 Å². The van der Waals surface area contributed by atoms with Crippen LogP contribution in [0.25, 0.3) is 0 Å². The van der Waals surface area contributed by atoms with Crippen molar-refractivity contribution in [3.8, 4) is 0 Å². The van der Waals surface area contributed by atoms with Crippen molar-refractivity contribution in [1.29, 1.82) is 0 Å². The molecule has 0 aliphatic heterocycles. The van der Waals surface area contributed by atoms with Gasteiger partial charge >= 0.3 is 0 Å². The van der Waals surface area contributed by atoms with Gasteiger partial charge in [0.1, 0.15) is 5.69 Å². The van der Waals surface area contributed by atoms with E-state index >= 15 is 0 Å². The van der Waals surface area contributed by atoms with Gasteiger partial charge in [0.25, 0.3) is 5.91 Å². The molecular formula is C16H27N3O. The second kappa shape index (κ2) is 8.67. The van der Waals surface area contributed by atoms with Crippen LogP contribution in [0.3, 0.4) is 0 Å². The summed E-state index contributed by atoms with van der Waals surface area (Å²) in [7, 11) is 0. The van der Waals surface area contributed by atoms with Gasteiger partial charge < -0.3 is 5.73 Å². The minimum Gasteiger partial charge on any atom is -0.364 e. The number of aromatic nitrogens is 2. The van der Waals surface area contributed by atoms with Crippen LogP contribution < -0.4 is 5.73 Å². The molecule has 0 radical (unpaired) electrons. The lowest BCUT2D eigenvalue weighted by Crippen LogP contribution is -2.13. The lowest BCUT2D eigenvalue weighted by Gasteiger charge is -2.16. The van der Waals surface area contributed by atoms with Gasteiger partial charge in [-0.2, -0.15) is 0 Å². The van der Waals surface area contributed by atoms with Crippen LogP contribution in [0.15, 0.2) is 12.4 Å². The minimum absolute atomic E-state index is 0.208. The maximum atomic E-state index is 10.5. The fraction of sp³-hybridized carbons (Fsp3) is 0.688. The van der Waals surface area contributed by atoms with Gasteiger partial charge in [0.15, 0.2) is 0 Å². The van der Waals surface area contributed by atoms with E-state index in [1.807, 2.05) is 13.8 Å². The smallest absolute Gasteiger partial charge is 0.268 e. The molecule has 2 bridgehead atoms. The van der Waals surface area contributed by atoms with Crippen LogP contribution in [0.1, 0.15) is 68.6 Å². The first-order valence-electron chi connectivity index (χ1n) is 7.73. The summed E-state index contributed by atoms with van der Waals surface area (Å²) in [4.78, 5) is 18.1. The van der Waals surface area contributed by atoms with Gasteiger partial charge in [0.2, 0.25) is 0 Å². The van der Waals surface area contributed by atoms with E-state index in [9.17, 15) is 4.79 Å². The lowest BCUT2D eigenvalue weighted by molar-refractivity contribution is 0.0995. The first kappa shape index (κ1) is 16.6. The third-order valence-electron chi connectivity index (χ3n) is 3.88. The molecule has 1 aromatic heterocycles. The Morgan fingerprint density at radius 2 is 1.75 bits per heavy atom. The highest BCUT2D eigenvalue weighted by molar-refractivity contribution is 5.90. The van der Waals surface area contributed by atoms with Crippen molar-refractivity contribution in [1.82, 2.24) is 9.97 Å². The monoisotopic (exact) mass is 277 g/mol. The molecule has 1 heterocycles. The number of carbonyl (C=O) groups excluding carboxylic acids is 1. The number of nitrogens with two attached hydrogens (primary N) is 1. The number of hydrogen-bond acceptors (Lipinski definition) is 3. The Labute approximate surface area is 122 Å². The summed E-state index contributed by atoms with van der Waals surface area (Å²) in [5.41, 5.74) is 5.84. The van der Waals surface area contributed by atoms with Gasteiger partial charge in [0, 0.05) is 6.20 Å². The maximum Gasteiger partial charge on any atom is 0.268 e. The number of nitrogens with zero attached hydrogens (tertiary/aromatic N) is 2. The summed E-state index contributed by atoms with van der Waals surface area (Å²) in [5.74, 6) is 1.78. The predicted molar refractivity (Wildman–Crippen MR) is 81.3 cm³/mol. The van der Waals surface area contributed by atoms with Crippen LogP contribution in [0.2, 0.25) is 0 Å². The second-order valence-electron chi connectivity index (χ2n) is 5.39. The number of carbonyl (C=O) groups is 1. The quantitative estimate of drug-likeness (QED) is 0.854. The molecule has 0 aromatic carbocycles. The van der Waals surface area contributed by atoms with Crippen LogP contribution in [0.5, 0.6) is 0 Å². The SMILES string of the molecule is C1CC2CCC(C1)C2.CC.Cc1cncc(C(N)=O)n1. The number of fused-ring (bicyclic) bond motifs is 2. The molecule has 0 spiro atoms. The molecule has 2 aliphatic carbocycles. The van der Waals surface area contributed by atoms with Crippen LogP contribution in [0, 0.1) is 18.8 Å². The zero-order valence-electron chi connectivity index (χ0n) is 12.9. The Bertz CT molecular complexity index is 406. The minimum atomic E-state index is -0.545. The van der Waals surface area contributed by atoms with Gasteiger partial charge in [0.05, 0.1) is 11.9 Å². The van der Waals surface area contributed by atoms with E-state index in [0.717, 1.165) is 11.8 Å². The molecule has 2 saturated carbocycles. The second-order valence-corrected chi connectivity index (χ2v) is 5.39. The van der Waals surface area contributed by atoms with Gasteiger partial charge in [-0.3, -0.25) is 9.78 Å². The van der Waals surface area contributed by atoms with Crippen molar-refractivity contribution in [2.24, 2.45) is 17.6 Å². The number of primary amides is 1. The van der Waals surface area contributed by atoms with Gasteiger partial charge in [-0.15, -0.1) is 0 Å². The summed E-state index contributed by atoms with van der Waals surface area (Å²) < 4.78 is 0. The molecule has 4 nitrogen and oxygen atoms in total. The molecule has 1 amide bonds. The fourth-order valence-corrected chi connectivity index (χ4v) is 2.98. The maximum absolute atomic E-state index is 10.5.